The Bertz CT molecular complexity index is 988. The zero-order valence-corrected chi connectivity index (χ0v) is 16.2. The number of piperazine rings is 1. The lowest BCUT2D eigenvalue weighted by Crippen LogP contribution is -2.52. The average Bonchev–Trinajstić information content (AvgIpc) is 2.78. The first-order valence-corrected chi connectivity index (χ1v) is 9.95. The summed E-state index contributed by atoms with van der Waals surface area (Å²) in [5.41, 5.74) is 10.1. The third-order valence-corrected chi connectivity index (χ3v) is 5.73. The van der Waals surface area contributed by atoms with Gasteiger partial charge in [0, 0.05) is 31.7 Å². The molecule has 1 aliphatic carbocycles. The quantitative estimate of drug-likeness (QED) is 0.787. The van der Waals surface area contributed by atoms with E-state index in [-0.39, 0.29) is 0 Å². The number of hydrogen-bond donors (Lipinski definition) is 1. The molecular weight excluding hydrogens is 366 g/mol. The van der Waals surface area contributed by atoms with Gasteiger partial charge in [0.25, 0.3) is 0 Å². The Kier molecular flexibility index (Phi) is 5.17. The molecule has 29 heavy (non-hydrogen) atoms. The van der Waals surface area contributed by atoms with Gasteiger partial charge >= 0.3 is 11.8 Å². The van der Waals surface area contributed by atoms with Gasteiger partial charge in [0.05, 0.1) is 11.3 Å². The Hall–Kier alpha value is -3.40. The highest BCUT2D eigenvalue weighted by Crippen LogP contribution is 2.36. The van der Waals surface area contributed by atoms with E-state index < -0.39 is 11.8 Å². The molecule has 1 fully saturated rings. The Balaban J connectivity index is 1.73. The molecule has 1 aromatic carbocycles. The van der Waals surface area contributed by atoms with E-state index >= 15 is 0 Å². The number of amides is 2. The number of carbonyl (C=O) groups is 2. The summed E-state index contributed by atoms with van der Waals surface area (Å²) >= 11 is 0. The van der Waals surface area contributed by atoms with Crippen molar-refractivity contribution >= 4 is 17.6 Å². The smallest absolute Gasteiger partial charge is 0.311 e. The van der Waals surface area contributed by atoms with Crippen LogP contribution < -0.4 is 10.6 Å². The molecule has 0 bridgehead atoms. The van der Waals surface area contributed by atoms with E-state index in [0.29, 0.717) is 37.6 Å². The van der Waals surface area contributed by atoms with Gasteiger partial charge in [0.15, 0.2) is 0 Å². The number of carbonyl (C=O) groups excluding carboxylic acids is 2. The summed E-state index contributed by atoms with van der Waals surface area (Å²) in [6.45, 7) is 1.78. The van der Waals surface area contributed by atoms with Crippen molar-refractivity contribution in [3.05, 3.63) is 47.0 Å². The molecule has 2 aromatic rings. The number of nitrogens with two attached hydrogens (primary N) is 1. The van der Waals surface area contributed by atoms with E-state index in [4.69, 9.17) is 10.7 Å². The van der Waals surface area contributed by atoms with Crippen LogP contribution in [0.2, 0.25) is 0 Å². The van der Waals surface area contributed by atoms with Gasteiger partial charge in [-0.2, -0.15) is 5.26 Å². The van der Waals surface area contributed by atoms with Gasteiger partial charge in [-0.1, -0.05) is 30.3 Å². The molecule has 148 valence electrons. The van der Waals surface area contributed by atoms with Crippen molar-refractivity contribution in [1.82, 2.24) is 9.88 Å². The van der Waals surface area contributed by atoms with Crippen LogP contribution in [0.15, 0.2) is 30.3 Å². The molecule has 7 nitrogen and oxygen atoms in total. The maximum atomic E-state index is 11.9. The third kappa shape index (κ3) is 3.54. The predicted molar refractivity (Wildman–Crippen MR) is 109 cm³/mol. The molecule has 1 aromatic heterocycles. The van der Waals surface area contributed by atoms with Gasteiger partial charge in [0.1, 0.15) is 11.9 Å². The largest absolute Gasteiger partial charge is 0.361 e. The molecule has 1 aliphatic heterocycles. The number of fused-ring (bicyclic) bond motifs is 1. The van der Waals surface area contributed by atoms with Crippen LogP contribution in [0.1, 0.15) is 29.5 Å². The molecule has 0 atom stereocenters. The van der Waals surface area contributed by atoms with Crippen LogP contribution in [-0.2, 0) is 22.4 Å². The first-order chi connectivity index (χ1) is 14.1. The molecule has 2 heterocycles. The number of nitriles is 1. The molecule has 7 heteroatoms. The lowest BCUT2D eigenvalue weighted by Gasteiger charge is -2.36. The fraction of sp³-hybridized carbons (Fsp3) is 0.364. The summed E-state index contributed by atoms with van der Waals surface area (Å²) in [4.78, 5) is 31.5. The number of aromatic nitrogens is 1. The average molecular weight is 389 g/mol. The van der Waals surface area contributed by atoms with Crippen LogP contribution in [-0.4, -0.2) is 47.9 Å². The minimum atomic E-state index is -0.936. The first kappa shape index (κ1) is 18.9. The van der Waals surface area contributed by atoms with Gasteiger partial charge in [0.2, 0.25) is 0 Å². The number of hydrogen-bond acceptors (Lipinski definition) is 5. The Morgan fingerprint density at radius 1 is 1.00 bits per heavy atom. The van der Waals surface area contributed by atoms with Crippen molar-refractivity contribution in [2.24, 2.45) is 5.73 Å². The highest BCUT2D eigenvalue weighted by atomic mass is 16.2. The highest BCUT2D eigenvalue weighted by molar-refractivity contribution is 6.34. The number of rotatable bonds is 2. The van der Waals surface area contributed by atoms with Crippen molar-refractivity contribution in [2.75, 3.05) is 31.1 Å². The lowest BCUT2D eigenvalue weighted by atomic mass is 9.86. The summed E-state index contributed by atoms with van der Waals surface area (Å²) < 4.78 is 0. The summed E-state index contributed by atoms with van der Waals surface area (Å²) in [5.74, 6) is -0.916. The van der Waals surface area contributed by atoms with Crippen molar-refractivity contribution < 1.29 is 9.59 Å². The standard InChI is InChI=1S/C22H23N5O2/c23-14-18-16-8-4-5-9-17(16)19(15-6-2-1-3-7-15)25-21(18)26-10-12-27(13-11-26)22(29)20(24)28/h1-3,6-7H,4-5,8-13H2,(H2,24,28). The molecule has 0 radical (unpaired) electrons. The van der Waals surface area contributed by atoms with E-state index in [1.165, 1.54) is 10.5 Å². The van der Waals surface area contributed by atoms with E-state index in [1.54, 1.807) is 0 Å². The summed E-state index contributed by atoms with van der Waals surface area (Å²) in [7, 11) is 0. The SMILES string of the molecule is N#Cc1c(N2CCN(C(=O)C(N)=O)CC2)nc(-c2ccccc2)c2c1CCCC2. The summed E-state index contributed by atoms with van der Waals surface area (Å²) in [5, 5.41) is 9.94. The minimum Gasteiger partial charge on any atom is -0.361 e. The second-order valence-electron chi connectivity index (χ2n) is 7.44. The molecule has 4 rings (SSSR count). The van der Waals surface area contributed by atoms with Gasteiger partial charge < -0.3 is 15.5 Å². The normalized spacial score (nSPS) is 16.1. The van der Waals surface area contributed by atoms with Crippen LogP contribution in [0.4, 0.5) is 5.82 Å². The van der Waals surface area contributed by atoms with Crippen molar-refractivity contribution in [2.45, 2.75) is 25.7 Å². The van der Waals surface area contributed by atoms with E-state index in [9.17, 15) is 14.9 Å². The number of pyridine rings is 1. The Morgan fingerprint density at radius 3 is 2.28 bits per heavy atom. The monoisotopic (exact) mass is 389 g/mol. The Morgan fingerprint density at radius 2 is 1.66 bits per heavy atom. The number of primary amides is 1. The van der Waals surface area contributed by atoms with Crippen LogP contribution in [0.3, 0.4) is 0 Å². The number of benzene rings is 1. The van der Waals surface area contributed by atoms with Crippen LogP contribution in [0.5, 0.6) is 0 Å². The first-order valence-electron chi connectivity index (χ1n) is 9.95. The lowest BCUT2D eigenvalue weighted by molar-refractivity contribution is -0.144. The number of anilines is 1. The fourth-order valence-corrected chi connectivity index (χ4v) is 4.27. The van der Waals surface area contributed by atoms with Gasteiger partial charge in [-0.05, 0) is 36.8 Å². The minimum absolute atomic E-state index is 0.381. The maximum Gasteiger partial charge on any atom is 0.311 e. The molecular formula is C22H23N5O2. The molecule has 2 N–H and O–H groups in total. The van der Waals surface area contributed by atoms with E-state index in [0.717, 1.165) is 42.5 Å². The fourth-order valence-electron chi connectivity index (χ4n) is 4.27. The zero-order chi connectivity index (χ0) is 20.4. The molecule has 1 saturated heterocycles. The van der Waals surface area contributed by atoms with E-state index in [1.807, 2.05) is 23.1 Å². The summed E-state index contributed by atoms with van der Waals surface area (Å²) in [6, 6.07) is 12.5. The third-order valence-electron chi connectivity index (χ3n) is 5.73. The molecule has 2 aliphatic rings. The highest BCUT2D eigenvalue weighted by Gasteiger charge is 2.29. The molecule has 0 unspecified atom stereocenters. The van der Waals surface area contributed by atoms with Crippen LogP contribution >= 0.6 is 0 Å². The Labute approximate surface area is 169 Å². The van der Waals surface area contributed by atoms with Crippen molar-refractivity contribution in [3.8, 4) is 17.3 Å². The molecule has 0 saturated carbocycles. The van der Waals surface area contributed by atoms with Gasteiger partial charge in [-0.25, -0.2) is 4.98 Å². The van der Waals surface area contributed by atoms with Crippen molar-refractivity contribution in [1.29, 1.82) is 5.26 Å². The molecule has 2 amide bonds. The maximum absolute atomic E-state index is 11.9. The van der Waals surface area contributed by atoms with Crippen molar-refractivity contribution in [3.63, 3.8) is 0 Å². The van der Waals surface area contributed by atoms with E-state index in [2.05, 4.69) is 18.2 Å². The molecule has 0 spiro atoms. The second-order valence-corrected chi connectivity index (χ2v) is 7.44. The number of nitrogens with zero attached hydrogens (tertiary/aromatic N) is 4. The van der Waals surface area contributed by atoms with Crippen LogP contribution in [0, 0.1) is 11.3 Å². The van der Waals surface area contributed by atoms with Gasteiger partial charge in [-0.3, -0.25) is 9.59 Å². The summed E-state index contributed by atoms with van der Waals surface area (Å²) in [6.07, 6.45) is 3.99. The zero-order valence-electron chi connectivity index (χ0n) is 16.2. The van der Waals surface area contributed by atoms with Crippen LogP contribution in [0.25, 0.3) is 11.3 Å². The topological polar surface area (TPSA) is 103 Å². The predicted octanol–water partition coefficient (Wildman–Crippen LogP) is 1.63. The van der Waals surface area contributed by atoms with Gasteiger partial charge in [-0.15, -0.1) is 0 Å². The second kappa shape index (κ2) is 7.92.